The van der Waals surface area contributed by atoms with E-state index in [0.717, 1.165) is 30.8 Å². The Balaban J connectivity index is 2.07. The molecule has 3 heteroatoms. The molecule has 1 heterocycles. The molecule has 0 saturated carbocycles. The van der Waals surface area contributed by atoms with Crippen LogP contribution in [0, 0.1) is 17.8 Å². The second-order valence-corrected chi connectivity index (χ2v) is 6.85. The molecule has 1 unspecified atom stereocenters. The van der Waals surface area contributed by atoms with Crippen LogP contribution in [0.5, 0.6) is 5.75 Å². The van der Waals surface area contributed by atoms with Gasteiger partial charge in [0, 0.05) is 13.1 Å². The van der Waals surface area contributed by atoms with Gasteiger partial charge in [0.15, 0.2) is 0 Å². The second kappa shape index (κ2) is 6.97. The van der Waals surface area contributed by atoms with Crippen molar-refractivity contribution in [2.45, 2.75) is 34.1 Å². The summed E-state index contributed by atoms with van der Waals surface area (Å²) in [6.07, 6.45) is 0.793. The summed E-state index contributed by atoms with van der Waals surface area (Å²) in [6.45, 7) is 10.8. The number of rotatable bonds is 5. The molecular weight excluding hydrogens is 262 g/mol. The zero-order valence-corrected chi connectivity index (χ0v) is 13.6. The number of fused-ring (bicyclic) bond motifs is 1. The van der Waals surface area contributed by atoms with Crippen LogP contribution in [0.4, 0.5) is 0 Å². The van der Waals surface area contributed by atoms with Crippen LogP contribution >= 0.6 is 0 Å². The zero-order valence-electron chi connectivity index (χ0n) is 13.6. The Morgan fingerprint density at radius 2 is 1.81 bits per heavy atom. The fraction of sp³-hybridized carbons (Fsp3) is 0.611. The van der Waals surface area contributed by atoms with E-state index in [2.05, 4.69) is 33.8 Å². The molecule has 1 aliphatic heterocycles. The van der Waals surface area contributed by atoms with Gasteiger partial charge < -0.3 is 9.64 Å². The maximum absolute atomic E-state index is 12.8. The third-order valence-electron chi connectivity index (χ3n) is 3.71. The number of para-hydroxylation sites is 1. The minimum atomic E-state index is -0.0441. The topological polar surface area (TPSA) is 29.5 Å². The minimum Gasteiger partial charge on any atom is -0.492 e. The van der Waals surface area contributed by atoms with Crippen LogP contribution in [-0.2, 0) is 11.2 Å². The molecule has 1 amide bonds. The van der Waals surface area contributed by atoms with Crippen LogP contribution in [0.15, 0.2) is 24.3 Å². The summed E-state index contributed by atoms with van der Waals surface area (Å²) in [7, 11) is 0. The molecule has 21 heavy (non-hydrogen) atoms. The first-order valence-corrected chi connectivity index (χ1v) is 7.96. The molecule has 0 N–H and O–H groups in total. The molecule has 1 aromatic rings. The van der Waals surface area contributed by atoms with Gasteiger partial charge in [0.1, 0.15) is 12.4 Å². The normalized spacial score (nSPS) is 17.5. The van der Waals surface area contributed by atoms with Crippen molar-refractivity contribution in [3.63, 3.8) is 0 Å². The first-order chi connectivity index (χ1) is 9.97. The van der Waals surface area contributed by atoms with Gasteiger partial charge in [-0.25, -0.2) is 0 Å². The third-order valence-corrected chi connectivity index (χ3v) is 3.71. The Kier molecular flexibility index (Phi) is 5.27. The molecule has 1 aromatic carbocycles. The number of benzene rings is 1. The molecular formula is C18H27NO2. The molecule has 2 rings (SSSR count). The summed E-state index contributed by atoms with van der Waals surface area (Å²) in [5, 5.41) is 0. The van der Waals surface area contributed by atoms with Gasteiger partial charge in [0.25, 0.3) is 0 Å². The first-order valence-electron chi connectivity index (χ1n) is 7.96. The summed E-state index contributed by atoms with van der Waals surface area (Å²) in [4.78, 5) is 14.9. The van der Waals surface area contributed by atoms with E-state index in [1.807, 2.05) is 23.1 Å². The lowest BCUT2D eigenvalue weighted by Gasteiger charge is -2.32. The van der Waals surface area contributed by atoms with Gasteiger partial charge in [0.2, 0.25) is 5.91 Å². The molecule has 0 spiro atoms. The summed E-state index contributed by atoms with van der Waals surface area (Å²) < 4.78 is 5.77. The van der Waals surface area contributed by atoms with E-state index >= 15 is 0 Å². The summed E-state index contributed by atoms with van der Waals surface area (Å²) in [6, 6.07) is 8.03. The largest absolute Gasteiger partial charge is 0.492 e. The molecule has 116 valence electrons. The van der Waals surface area contributed by atoms with E-state index in [1.54, 1.807) is 0 Å². The van der Waals surface area contributed by atoms with Crippen LogP contribution < -0.4 is 4.74 Å². The molecule has 3 nitrogen and oxygen atoms in total. The van der Waals surface area contributed by atoms with Crippen molar-refractivity contribution in [2.24, 2.45) is 17.8 Å². The standard InChI is InChI=1S/C18H27NO2/c1-13(2)10-19(11-14(3)4)18(20)16-9-15-7-5-6-8-17(15)21-12-16/h5-8,13-14,16H,9-12H2,1-4H3. The zero-order chi connectivity index (χ0) is 15.4. The molecule has 0 fully saturated rings. The first kappa shape index (κ1) is 15.9. The van der Waals surface area contributed by atoms with Gasteiger partial charge in [-0.2, -0.15) is 0 Å². The fourth-order valence-electron chi connectivity index (χ4n) is 2.88. The van der Waals surface area contributed by atoms with Gasteiger partial charge in [0.05, 0.1) is 5.92 Å². The van der Waals surface area contributed by atoms with Crippen LogP contribution in [0.1, 0.15) is 33.3 Å². The average molecular weight is 289 g/mol. The Morgan fingerprint density at radius 1 is 1.19 bits per heavy atom. The molecule has 1 atom stereocenters. The van der Waals surface area contributed by atoms with E-state index in [0.29, 0.717) is 18.4 Å². The molecule has 0 bridgehead atoms. The SMILES string of the molecule is CC(C)CN(CC(C)C)C(=O)C1COc2ccccc2C1. The molecule has 0 aromatic heterocycles. The van der Waals surface area contributed by atoms with E-state index in [-0.39, 0.29) is 11.8 Å². The monoisotopic (exact) mass is 289 g/mol. The van der Waals surface area contributed by atoms with Crippen molar-refractivity contribution in [2.75, 3.05) is 19.7 Å². The number of carbonyl (C=O) groups excluding carboxylic acids is 1. The van der Waals surface area contributed by atoms with Gasteiger partial charge in [-0.05, 0) is 29.9 Å². The predicted octanol–water partition coefficient (Wildman–Crippen LogP) is 3.38. The number of hydrogen-bond acceptors (Lipinski definition) is 2. The van der Waals surface area contributed by atoms with Crippen LogP contribution in [0.3, 0.4) is 0 Å². The Hall–Kier alpha value is -1.51. The van der Waals surface area contributed by atoms with Crippen LogP contribution in [0.25, 0.3) is 0 Å². The Labute approximate surface area is 128 Å². The number of carbonyl (C=O) groups is 1. The number of amides is 1. The van der Waals surface area contributed by atoms with E-state index < -0.39 is 0 Å². The lowest BCUT2D eigenvalue weighted by atomic mass is 9.95. The molecule has 1 aliphatic rings. The maximum atomic E-state index is 12.8. The number of hydrogen-bond donors (Lipinski definition) is 0. The van der Waals surface area contributed by atoms with Gasteiger partial charge in [-0.3, -0.25) is 4.79 Å². The molecule has 0 saturated heterocycles. The summed E-state index contributed by atoms with van der Waals surface area (Å²) >= 11 is 0. The summed E-state index contributed by atoms with van der Waals surface area (Å²) in [5.74, 6) is 2.11. The van der Waals surface area contributed by atoms with Gasteiger partial charge >= 0.3 is 0 Å². The van der Waals surface area contributed by atoms with Crippen molar-refractivity contribution < 1.29 is 9.53 Å². The van der Waals surface area contributed by atoms with E-state index in [1.165, 1.54) is 0 Å². The Morgan fingerprint density at radius 3 is 2.43 bits per heavy atom. The Bertz CT molecular complexity index is 472. The number of ether oxygens (including phenoxy) is 1. The molecule has 0 aliphatic carbocycles. The quantitative estimate of drug-likeness (QED) is 0.831. The maximum Gasteiger partial charge on any atom is 0.229 e. The van der Waals surface area contributed by atoms with E-state index in [9.17, 15) is 4.79 Å². The van der Waals surface area contributed by atoms with E-state index in [4.69, 9.17) is 4.74 Å². The number of nitrogens with zero attached hydrogens (tertiary/aromatic N) is 1. The van der Waals surface area contributed by atoms with Gasteiger partial charge in [-0.1, -0.05) is 45.9 Å². The fourth-order valence-corrected chi connectivity index (χ4v) is 2.88. The predicted molar refractivity (Wildman–Crippen MR) is 85.4 cm³/mol. The second-order valence-electron chi connectivity index (χ2n) is 6.85. The highest BCUT2D eigenvalue weighted by Crippen LogP contribution is 2.28. The average Bonchev–Trinajstić information content (AvgIpc) is 2.44. The van der Waals surface area contributed by atoms with Crippen molar-refractivity contribution in [1.82, 2.24) is 4.90 Å². The summed E-state index contributed by atoms with van der Waals surface area (Å²) in [5.41, 5.74) is 1.15. The van der Waals surface area contributed by atoms with Crippen molar-refractivity contribution in [3.05, 3.63) is 29.8 Å². The van der Waals surface area contributed by atoms with Crippen molar-refractivity contribution in [1.29, 1.82) is 0 Å². The highest BCUT2D eigenvalue weighted by molar-refractivity contribution is 5.79. The molecule has 0 radical (unpaired) electrons. The van der Waals surface area contributed by atoms with Crippen molar-refractivity contribution >= 4 is 5.91 Å². The third kappa shape index (κ3) is 4.23. The van der Waals surface area contributed by atoms with Crippen LogP contribution in [-0.4, -0.2) is 30.5 Å². The highest BCUT2D eigenvalue weighted by atomic mass is 16.5. The minimum absolute atomic E-state index is 0.0441. The lowest BCUT2D eigenvalue weighted by Crippen LogP contribution is -2.44. The highest BCUT2D eigenvalue weighted by Gasteiger charge is 2.29. The lowest BCUT2D eigenvalue weighted by molar-refractivity contribution is -0.138. The van der Waals surface area contributed by atoms with Crippen LogP contribution in [0.2, 0.25) is 0 Å². The smallest absolute Gasteiger partial charge is 0.229 e. The van der Waals surface area contributed by atoms with Crippen molar-refractivity contribution in [3.8, 4) is 5.75 Å². The van der Waals surface area contributed by atoms with Gasteiger partial charge in [-0.15, -0.1) is 0 Å².